The molecule has 2 aliphatic carbocycles. The van der Waals surface area contributed by atoms with E-state index >= 15 is 0 Å². The van der Waals surface area contributed by atoms with Gasteiger partial charge in [0, 0.05) is 25.2 Å². The van der Waals surface area contributed by atoms with Gasteiger partial charge in [-0.3, -0.25) is 14.4 Å². The van der Waals surface area contributed by atoms with E-state index in [9.17, 15) is 40.7 Å². The molecule has 0 heterocycles. The standard InChI is InChI=1S/C27H36F3NO3.C22H25F3O2.C5H11NO2.2CH4/c1-5-33-24(32)14-15-31-17-18-6-12-22-19(16-18)7-13-23(25(22)27(28,29)30)34-21-10-8-20(9-11-21)26(2,3)4;1-21(2,3)16-6-8-17(9-7-16)27-19-11-5-15-12-14(13-26)4-10-18(15)20(19)22(23,24)25;1-2-8-5(7)3-4-6;;/h6-7,12-13,16,20-21,31H,5,8-11,14-15,17H2,1-4H3;4-5,10-13,16-17H,6-9H2,1-3H3;2-4,6H2,1H3;2*1H4. The van der Waals surface area contributed by atoms with Crippen LogP contribution in [0.2, 0.25) is 0 Å². The van der Waals surface area contributed by atoms with Crippen LogP contribution < -0.4 is 20.5 Å². The number of aldehydes is 1. The van der Waals surface area contributed by atoms with Gasteiger partial charge in [-0.2, -0.15) is 26.3 Å². The van der Waals surface area contributed by atoms with Gasteiger partial charge in [0.2, 0.25) is 0 Å². The molecule has 0 aliphatic heterocycles. The maximum absolute atomic E-state index is 14.1. The minimum absolute atomic E-state index is 0. The second kappa shape index (κ2) is 27.8. The molecule has 0 bridgehead atoms. The number of nitrogens with two attached hydrogens (primary N) is 1. The number of rotatable bonds is 14. The summed E-state index contributed by atoms with van der Waals surface area (Å²) in [5, 5.41) is 4.24. The highest BCUT2D eigenvalue weighted by molar-refractivity contribution is 5.93. The summed E-state index contributed by atoms with van der Waals surface area (Å²) in [6, 6.07) is 15.3. The van der Waals surface area contributed by atoms with E-state index in [1.165, 1.54) is 36.4 Å². The van der Waals surface area contributed by atoms with Gasteiger partial charge in [-0.25, -0.2) is 0 Å². The monoisotopic (exact) mass is 1010 g/mol. The van der Waals surface area contributed by atoms with Gasteiger partial charge in [-0.15, -0.1) is 0 Å². The van der Waals surface area contributed by atoms with Crippen LogP contribution in [0.25, 0.3) is 21.5 Å². The van der Waals surface area contributed by atoms with Gasteiger partial charge in [0.05, 0.1) is 38.3 Å². The number of esters is 2. The third-order valence-electron chi connectivity index (χ3n) is 12.9. The Balaban J connectivity index is 0.000000418. The molecule has 0 atom stereocenters. The van der Waals surface area contributed by atoms with Gasteiger partial charge in [-0.1, -0.05) is 92.8 Å². The van der Waals surface area contributed by atoms with Crippen LogP contribution in [-0.4, -0.2) is 56.7 Å². The molecule has 2 saturated carbocycles. The van der Waals surface area contributed by atoms with Crippen LogP contribution in [0.1, 0.15) is 161 Å². The van der Waals surface area contributed by atoms with Gasteiger partial charge >= 0.3 is 24.3 Å². The molecule has 15 heteroatoms. The first-order valence-electron chi connectivity index (χ1n) is 24.2. The van der Waals surface area contributed by atoms with Crippen LogP contribution >= 0.6 is 0 Å². The van der Waals surface area contributed by atoms with Gasteiger partial charge in [-0.05, 0) is 139 Å². The summed E-state index contributed by atoms with van der Waals surface area (Å²) in [4.78, 5) is 32.7. The smallest absolute Gasteiger partial charge is 0.420 e. The highest BCUT2D eigenvalue weighted by Gasteiger charge is 2.40. The molecule has 398 valence electrons. The fourth-order valence-electron chi connectivity index (χ4n) is 9.11. The Bertz CT molecular complexity index is 2280. The van der Waals surface area contributed by atoms with Crippen molar-refractivity contribution in [2.45, 2.75) is 166 Å². The number of halogens is 6. The van der Waals surface area contributed by atoms with Crippen molar-refractivity contribution in [1.82, 2.24) is 5.32 Å². The highest BCUT2D eigenvalue weighted by atomic mass is 19.4. The molecule has 0 unspecified atom stereocenters. The molecule has 71 heavy (non-hydrogen) atoms. The van der Waals surface area contributed by atoms with Crippen LogP contribution in [0.4, 0.5) is 26.3 Å². The zero-order chi connectivity index (χ0) is 51.2. The quantitative estimate of drug-likeness (QED) is 0.0549. The van der Waals surface area contributed by atoms with Crippen molar-refractivity contribution >= 4 is 39.8 Å². The first-order valence-corrected chi connectivity index (χ1v) is 24.2. The Morgan fingerprint density at radius 1 is 0.620 bits per heavy atom. The number of carbonyl (C=O) groups is 3. The Morgan fingerprint density at radius 3 is 1.44 bits per heavy atom. The van der Waals surface area contributed by atoms with E-state index < -0.39 is 23.5 Å². The number of carbonyl (C=O) groups excluding carboxylic acids is 3. The Labute approximate surface area is 418 Å². The lowest BCUT2D eigenvalue weighted by atomic mass is 9.72. The van der Waals surface area contributed by atoms with Gasteiger partial charge < -0.3 is 30.0 Å². The molecule has 9 nitrogen and oxygen atoms in total. The van der Waals surface area contributed by atoms with Crippen molar-refractivity contribution < 1.29 is 59.7 Å². The van der Waals surface area contributed by atoms with Crippen molar-refractivity contribution in [3.05, 3.63) is 82.9 Å². The molecule has 4 aromatic rings. The predicted octanol–water partition coefficient (Wildman–Crippen LogP) is 14.7. The van der Waals surface area contributed by atoms with Crippen molar-refractivity contribution in [3.63, 3.8) is 0 Å². The van der Waals surface area contributed by atoms with E-state index in [1.807, 2.05) is 0 Å². The number of fused-ring (bicyclic) bond motifs is 2. The van der Waals surface area contributed by atoms with Gasteiger partial charge in [0.15, 0.2) is 0 Å². The van der Waals surface area contributed by atoms with E-state index in [0.29, 0.717) is 73.7 Å². The molecular formula is C56H80F6N2O7. The maximum atomic E-state index is 14.1. The summed E-state index contributed by atoms with van der Waals surface area (Å²) < 4.78 is 105. The lowest BCUT2D eigenvalue weighted by Gasteiger charge is -2.37. The zero-order valence-electron chi connectivity index (χ0n) is 41.5. The van der Waals surface area contributed by atoms with Crippen molar-refractivity contribution in [2.24, 2.45) is 28.4 Å². The normalized spacial score (nSPS) is 18.3. The first kappa shape index (κ1) is 62.2. The van der Waals surface area contributed by atoms with E-state index in [1.54, 1.807) is 38.1 Å². The summed E-state index contributed by atoms with van der Waals surface area (Å²) in [6.07, 6.45) is -1.29. The fraction of sp³-hybridized carbons (Fsp3) is 0.589. The third-order valence-corrected chi connectivity index (χ3v) is 12.9. The van der Waals surface area contributed by atoms with Crippen molar-refractivity contribution in [1.29, 1.82) is 0 Å². The molecule has 0 saturated heterocycles. The summed E-state index contributed by atoms with van der Waals surface area (Å²) in [5.74, 6) is 0.443. The SMILES string of the molecule is C.C.CC(C)(C)C1CCC(Oc2ccc3cc(C=O)ccc3c2C(F)(F)F)CC1.CCOC(=O)CCN.CCOC(=O)CCNCc1ccc2c(C(F)(F)F)c(OC3CCC(C(C)(C)C)CC3)ccc2c1. The molecule has 4 aromatic carbocycles. The summed E-state index contributed by atoms with van der Waals surface area (Å²) >= 11 is 0. The minimum Gasteiger partial charge on any atom is -0.490 e. The lowest BCUT2D eigenvalue weighted by molar-refractivity contribution is -0.143. The van der Waals surface area contributed by atoms with Gasteiger partial charge in [0.1, 0.15) is 28.9 Å². The van der Waals surface area contributed by atoms with E-state index in [0.717, 1.165) is 56.9 Å². The number of nitrogens with one attached hydrogen (secondary N) is 1. The van der Waals surface area contributed by atoms with Crippen LogP contribution in [-0.2, 0) is 38.0 Å². The summed E-state index contributed by atoms with van der Waals surface area (Å²) in [5.41, 5.74) is 5.21. The average molecular weight is 1010 g/mol. The van der Waals surface area contributed by atoms with E-state index in [2.05, 4.69) is 51.6 Å². The van der Waals surface area contributed by atoms with Gasteiger partial charge in [0.25, 0.3) is 0 Å². The van der Waals surface area contributed by atoms with E-state index in [-0.39, 0.29) is 78.5 Å². The van der Waals surface area contributed by atoms with Crippen molar-refractivity contribution in [3.8, 4) is 11.5 Å². The predicted molar refractivity (Wildman–Crippen MR) is 272 cm³/mol. The van der Waals surface area contributed by atoms with E-state index in [4.69, 9.17) is 19.9 Å². The second-order valence-corrected chi connectivity index (χ2v) is 20.0. The third kappa shape index (κ3) is 18.9. The number of ether oxygens (including phenoxy) is 4. The Hall–Kier alpha value is -4.89. The zero-order valence-corrected chi connectivity index (χ0v) is 41.5. The molecular weight excluding hydrogens is 927 g/mol. The molecule has 6 rings (SSSR count). The maximum Gasteiger partial charge on any atom is 0.420 e. The number of hydrogen-bond donors (Lipinski definition) is 2. The topological polar surface area (TPSA) is 126 Å². The molecule has 2 fully saturated rings. The summed E-state index contributed by atoms with van der Waals surface area (Å²) in [7, 11) is 0. The fourth-order valence-corrected chi connectivity index (χ4v) is 9.11. The molecule has 0 spiro atoms. The summed E-state index contributed by atoms with van der Waals surface area (Å²) in [6.45, 7) is 18.8. The number of hydrogen-bond acceptors (Lipinski definition) is 9. The lowest BCUT2D eigenvalue weighted by Crippen LogP contribution is -2.31. The van der Waals surface area contributed by atoms with Crippen molar-refractivity contribution in [2.75, 3.05) is 26.3 Å². The van der Waals surface area contributed by atoms with Crippen LogP contribution in [0.15, 0.2) is 60.7 Å². The number of benzene rings is 4. The Kier molecular flexibility index (Phi) is 24.4. The second-order valence-electron chi connectivity index (χ2n) is 20.0. The largest absolute Gasteiger partial charge is 0.490 e. The number of alkyl halides is 6. The highest BCUT2D eigenvalue weighted by Crippen LogP contribution is 2.46. The van der Waals surface area contributed by atoms with Crippen LogP contribution in [0, 0.1) is 22.7 Å². The van der Waals surface area contributed by atoms with Crippen LogP contribution in [0.3, 0.4) is 0 Å². The molecule has 0 radical (unpaired) electrons. The Morgan fingerprint density at radius 2 is 1.04 bits per heavy atom. The van der Waals surface area contributed by atoms with Crippen LogP contribution in [0.5, 0.6) is 11.5 Å². The first-order chi connectivity index (χ1) is 32.4. The average Bonchev–Trinajstić information content (AvgIpc) is 3.27. The molecule has 0 amide bonds. The molecule has 3 N–H and O–H groups in total. The molecule has 2 aliphatic rings. The molecule has 0 aromatic heterocycles. The minimum atomic E-state index is -4.53.